The number of nitrogens with zero attached hydrogens (tertiary/aromatic N) is 3. The van der Waals surface area contributed by atoms with E-state index in [2.05, 4.69) is 39.8 Å². The highest BCUT2D eigenvalue weighted by molar-refractivity contribution is 7.98. The Hall–Kier alpha value is -3.09. The van der Waals surface area contributed by atoms with Crippen LogP contribution in [0.1, 0.15) is 27.3 Å². The zero-order valence-corrected chi connectivity index (χ0v) is 18.5. The molecule has 0 atom stereocenters. The van der Waals surface area contributed by atoms with Crippen LogP contribution in [0.3, 0.4) is 0 Å². The van der Waals surface area contributed by atoms with Gasteiger partial charge in [-0.15, -0.1) is 10.2 Å². The zero-order chi connectivity index (χ0) is 21.6. The molecule has 4 aromatic rings. The molecule has 1 amide bonds. The number of aryl methyl sites for hydroxylation is 1. The molecular formula is C24H21ClN4OS. The van der Waals surface area contributed by atoms with Crippen LogP contribution in [0.25, 0.3) is 5.69 Å². The van der Waals surface area contributed by atoms with Crippen molar-refractivity contribution in [2.45, 2.75) is 24.4 Å². The lowest BCUT2D eigenvalue weighted by Crippen LogP contribution is -2.24. The van der Waals surface area contributed by atoms with Gasteiger partial charge in [0.25, 0.3) is 5.91 Å². The Morgan fingerprint density at radius 1 is 1.00 bits per heavy atom. The highest BCUT2D eigenvalue weighted by atomic mass is 35.5. The van der Waals surface area contributed by atoms with Crippen LogP contribution in [-0.2, 0) is 12.3 Å². The predicted molar refractivity (Wildman–Crippen MR) is 125 cm³/mol. The van der Waals surface area contributed by atoms with Crippen molar-refractivity contribution in [3.63, 3.8) is 0 Å². The number of carbonyl (C=O) groups excluding carboxylic acids is 1. The molecule has 156 valence electrons. The van der Waals surface area contributed by atoms with E-state index in [1.165, 1.54) is 11.1 Å². The van der Waals surface area contributed by atoms with E-state index in [1.54, 1.807) is 36.0 Å². The third kappa shape index (κ3) is 5.34. The standard InChI is InChI=1S/C24H21ClN4OS/c1-17-10-12-21(13-11-17)29-22(15-26-23(30)19-8-5-9-20(25)14-19)27-28-24(29)31-16-18-6-3-2-4-7-18/h2-14H,15-16H2,1H3,(H,26,30). The van der Waals surface area contributed by atoms with E-state index in [4.69, 9.17) is 11.6 Å². The molecule has 0 aliphatic heterocycles. The van der Waals surface area contributed by atoms with Crippen molar-refractivity contribution in [2.75, 3.05) is 0 Å². The Balaban J connectivity index is 1.57. The largest absolute Gasteiger partial charge is 0.345 e. The molecule has 1 heterocycles. The van der Waals surface area contributed by atoms with Crippen molar-refractivity contribution in [3.05, 3.63) is 106 Å². The Morgan fingerprint density at radius 3 is 2.52 bits per heavy atom. The van der Waals surface area contributed by atoms with Crippen molar-refractivity contribution in [3.8, 4) is 5.69 Å². The molecule has 0 bridgehead atoms. The third-order valence-electron chi connectivity index (χ3n) is 4.70. The summed E-state index contributed by atoms with van der Waals surface area (Å²) in [6.07, 6.45) is 0. The minimum Gasteiger partial charge on any atom is -0.345 e. The number of rotatable bonds is 7. The molecule has 1 N–H and O–H groups in total. The SMILES string of the molecule is Cc1ccc(-n2c(CNC(=O)c3cccc(Cl)c3)nnc2SCc2ccccc2)cc1. The van der Waals surface area contributed by atoms with E-state index in [0.717, 1.165) is 16.6 Å². The molecule has 0 fully saturated rings. The third-order valence-corrected chi connectivity index (χ3v) is 5.93. The maximum atomic E-state index is 12.5. The van der Waals surface area contributed by atoms with Crippen LogP contribution >= 0.6 is 23.4 Å². The second-order valence-electron chi connectivity index (χ2n) is 7.04. The highest BCUT2D eigenvalue weighted by Gasteiger charge is 2.16. The van der Waals surface area contributed by atoms with E-state index in [-0.39, 0.29) is 12.5 Å². The van der Waals surface area contributed by atoms with Crippen LogP contribution < -0.4 is 5.32 Å². The fourth-order valence-corrected chi connectivity index (χ4v) is 4.19. The number of hydrogen-bond acceptors (Lipinski definition) is 4. The van der Waals surface area contributed by atoms with Crippen LogP contribution in [0.5, 0.6) is 0 Å². The molecule has 0 saturated heterocycles. The topological polar surface area (TPSA) is 59.8 Å². The summed E-state index contributed by atoms with van der Waals surface area (Å²) in [5, 5.41) is 13.0. The van der Waals surface area contributed by atoms with Crippen LogP contribution in [-0.4, -0.2) is 20.7 Å². The van der Waals surface area contributed by atoms with E-state index >= 15 is 0 Å². The molecule has 0 radical (unpaired) electrons. The molecule has 0 aliphatic carbocycles. The highest BCUT2D eigenvalue weighted by Crippen LogP contribution is 2.25. The van der Waals surface area contributed by atoms with Gasteiger partial charge in [-0.1, -0.05) is 77.5 Å². The number of carbonyl (C=O) groups is 1. The van der Waals surface area contributed by atoms with Crippen molar-refractivity contribution >= 4 is 29.3 Å². The van der Waals surface area contributed by atoms with E-state index in [9.17, 15) is 4.79 Å². The van der Waals surface area contributed by atoms with Gasteiger partial charge in [0.1, 0.15) is 0 Å². The summed E-state index contributed by atoms with van der Waals surface area (Å²) in [5.41, 5.74) is 3.85. The predicted octanol–water partition coefficient (Wildman–Crippen LogP) is 5.45. The number of nitrogens with one attached hydrogen (secondary N) is 1. The number of amides is 1. The number of benzene rings is 3. The number of halogens is 1. The summed E-state index contributed by atoms with van der Waals surface area (Å²) in [5.74, 6) is 1.23. The van der Waals surface area contributed by atoms with Crippen molar-refractivity contribution < 1.29 is 4.79 Å². The summed E-state index contributed by atoms with van der Waals surface area (Å²) in [6.45, 7) is 2.30. The van der Waals surface area contributed by atoms with Crippen LogP contribution in [0, 0.1) is 6.92 Å². The van der Waals surface area contributed by atoms with Gasteiger partial charge in [-0.3, -0.25) is 9.36 Å². The first-order valence-corrected chi connectivity index (χ1v) is 11.2. The number of thioether (sulfide) groups is 1. The zero-order valence-electron chi connectivity index (χ0n) is 17.0. The fourth-order valence-electron chi connectivity index (χ4n) is 3.07. The van der Waals surface area contributed by atoms with Gasteiger partial charge in [0.05, 0.1) is 6.54 Å². The maximum absolute atomic E-state index is 12.5. The van der Waals surface area contributed by atoms with Crippen molar-refractivity contribution in [2.24, 2.45) is 0 Å². The van der Waals surface area contributed by atoms with Gasteiger partial charge < -0.3 is 5.32 Å². The van der Waals surface area contributed by atoms with Gasteiger partial charge in [0, 0.05) is 22.0 Å². The summed E-state index contributed by atoms with van der Waals surface area (Å²) in [4.78, 5) is 12.5. The molecule has 0 saturated carbocycles. The van der Waals surface area contributed by atoms with Crippen molar-refractivity contribution in [1.82, 2.24) is 20.1 Å². The number of aromatic nitrogens is 3. The van der Waals surface area contributed by atoms with Gasteiger partial charge in [0.15, 0.2) is 11.0 Å². The molecule has 0 spiro atoms. The van der Waals surface area contributed by atoms with E-state index < -0.39 is 0 Å². The Morgan fingerprint density at radius 2 is 1.77 bits per heavy atom. The Labute approximate surface area is 190 Å². The molecule has 1 aromatic heterocycles. The summed E-state index contributed by atoms with van der Waals surface area (Å²) in [7, 11) is 0. The molecule has 3 aromatic carbocycles. The smallest absolute Gasteiger partial charge is 0.251 e. The summed E-state index contributed by atoms with van der Waals surface area (Å²) in [6, 6.07) is 25.3. The molecule has 0 unspecified atom stereocenters. The normalized spacial score (nSPS) is 10.8. The summed E-state index contributed by atoms with van der Waals surface area (Å²) < 4.78 is 1.99. The van der Waals surface area contributed by atoms with Crippen LogP contribution in [0.15, 0.2) is 84.0 Å². The lowest BCUT2D eigenvalue weighted by Gasteiger charge is -2.11. The second kappa shape index (κ2) is 9.81. The van der Waals surface area contributed by atoms with Crippen LogP contribution in [0.2, 0.25) is 5.02 Å². The lowest BCUT2D eigenvalue weighted by molar-refractivity contribution is 0.0949. The van der Waals surface area contributed by atoms with Gasteiger partial charge in [-0.05, 0) is 42.8 Å². The minimum absolute atomic E-state index is 0.209. The van der Waals surface area contributed by atoms with Gasteiger partial charge >= 0.3 is 0 Å². The van der Waals surface area contributed by atoms with E-state index in [1.807, 2.05) is 41.8 Å². The monoisotopic (exact) mass is 448 g/mol. The van der Waals surface area contributed by atoms with Gasteiger partial charge in [-0.25, -0.2) is 0 Å². The Kier molecular flexibility index (Phi) is 6.70. The molecule has 0 aliphatic rings. The maximum Gasteiger partial charge on any atom is 0.251 e. The van der Waals surface area contributed by atoms with E-state index in [0.29, 0.717) is 16.4 Å². The quantitative estimate of drug-likeness (QED) is 0.382. The van der Waals surface area contributed by atoms with Gasteiger partial charge in [-0.2, -0.15) is 0 Å². The first-order valence-electron chi connectivity index (χ1n) is 9.82. The average Bonchev–Trinajstić information content (AvgIpc) is 3.20. The molecular weight excluding hydrogens is 428 g/mol. The molecule has 5 nitrogen and oxygen atoms in total. The first-order chi connectivity index (χ1) is 15.1. The molecule has 31 heavy (non-hydrogen) atoms. The van der Waals surface area contributed by atoms with Gasteiger partial charge in [0.2, 0.25) is 0 Å². The first kappa shape index (κ1) is 21.2. The van der Waals surface area contributed by atoms with Crippen LogP contribution in [0.4, 0.5) is 0 Å². The average molecular weight is 449 g/mol. The fraction of sp³-hybridized carbons (Fsp3) is 0.125. The second-order valence-corrected chi connectivity index (χ2v) is 8.42. The van der Waals surface area contributed by atoms with Crippen molar-refractivity contribution in [1.29, 1.82) is 0 Å². The minimum atomic E-state index is -0.209. The Bertz CT molecular complexity index is 1180. The number of hydrogen-bond donors (Lipinski definition) is 1. The lowest BCUT2D eigenvalue weighted by atomic mass is 10.2. The molecule has 7 heteroatoms. The summed E-state index contributed by atoms with van der Waals surface area (Å²) >= 11 is 7.62. The molecule has 4 rings (SSSR count).